The van der Waals surface area contributed by atoms with E-state index in [4.69, 9.17) is 0 Å². The van der Waals surface area contributed by atoms with Gasteiger partial charge in [-0.1, -0.05) is 27.3 Å². The van der Waals surface area contributed by atoms with Crippen molar-refractivity contribution in [3.05, 3.63) is 50.7 Å². The summed E-state index contributed by atoms with van der Waals surface area (Å²) in [5, 5.41) is 3.93. The van der Waals surface area contributed by atoms with E-state index in [2.05, 4.69) is 42.2 Å². The second-order valence-corrected chi connectivity index (χ2v) is 7.14. The lowest BCUT2D eigenvalue weighted by Gasteiger charge is -2.07. The van der Waals surface area contributed by atoms with Crippen molar-refractivity contribution in [2.24, 2.45) is 0 Å². The summed E-state index contributed by atoms with van der Waals surface area (Å²) < 4.78 is 16.2. The van der Waals surface area contributed by atoms with Gasteiger partial charge in [0.15, 0.2) is 5.13 Å². The van der Waals surface area contributed by atoms with Gasteiger partial charge in [0.1, 0.15) is 5.82 Å². The third-order valence-electron chi connectivity index (χ3n) is 2.86. The zero-order valence-electron chi connectivity index (χ0n) is 10.4. The van der Waals surface area contributed by atoms with E-state index in [0.29, 0.717) is 4.47 Å². The van der Waals surface area contributed by atoms with E-state index >= 15 is 0 Å². The highest BCUT2D eigenvalue weighted by molar-refractivity contribution is 9.10. The molecule has 0 amide bonds. The maximum atomic E-state index is 13.6. The van der Waals surface area contributed by atoms with E-state index < -0.39 is 0 Å². The molecule has 0 aliphatic heterocycles. The van der Waals surface area contributed by atoms with Gasteiger partial charge in [-0.25, -0.2) is 9.37 Å². The highest BCUT2D eigenvalue weighted by Gasteiger charge is 2.09. The molecule has 3 rings (SSSR count). The van der Waals surface area contributed by atoms with Crippen LogP contribution in [0.2, 0.25) is 0 Å². The Morgan fingerprint density at radius 2 is 2.00 bits per heavy atom. The maximum Gasteiger partial charge on any atom is 0.188 e. The maximum absolute atomic E-state index is 13.6. The van der Waals surface area contributed by atoms with E-state index in [9.17, 15) is 4.39 Å². The lowest BCUT2D eigenvalue weighted by atomic mass is 10.2. The van der Waals surface area contributed by atoms with E-state index in [1.54, 1.807) is 17.4 Å². The number of anilines is 2. The SMILES string of the molecule is Cc1cc(Br)c(F)cc1Nc1nc2cc(Br)ccc2s1. The average Bonchev–Trinajstić information content (AvgIpc) is 2.77. The molecule has 0 aliphatic rings. The van der Waals surface area contributed by atoms with Crippen molar-refractivity contribution in [1.82, 2.24) is 4.98 Å². The monoisotopic (exact) mass is 414 g/mol. The van der Waals surface area contributed by atoms with Crippen molar-refractivity contribution in [1.29, 1.82) is 0 Å². The molecule has 2 aromatic carbocycles. The fourth-order valence-electron chi connectivity index (χ4n) is 1.85. The number of hydrogen-bond donors (Lipinski definition) is 1. The highest BCUT2D eigenvalue weighted by atomic mass is 79.9. The van der Waals surface area contributed by atoms with Crippen molar-refractivity contribution < 1.29 is 4.39 Å². The van der Waals surface area contributed by atoms with Gasteiger partial charge in [0.25, 0.3) is 0 Å². The van der Waals surface area contributed by atoms with E-state index in [-0.39, 0.29) is 5.82 Å². The van der Waals surface area contributed by atoms with Gasteiger partial charge in [0.05, 0.1) is 14.7 Å². The molecular weight excluding hydrogens is 407 g/mol. The first-order valence-electron chi connectivity index (χ1n) is 5.82. The van der Waals surface area contributed by atoms with Crippen molar-refractivity contribution >= 4 is 64.2 Å². The third-order valence-corrected chi connectivity index (χ3v) is 4.91. The fourth-order valence-corrected chi connectivity index (χ4v) is 3.52. The van der Waals surface area contributed by atoms with Crippen LogP contribution in [0, 0.1) is 12.7 Å². The molecule has 6 heteroatoms. The Hall–Kier alpha value is -0.980. The number of hydrogen-bond acceptors (Lipinski definition) is 3. The van der Waals surface area contributed by atoms with Crippen LogP contribution in [0.1, 0.15) is 5.56 Å². The first-order valence-corrected chi connectivity index (χ1v) is 8.22. The molecule has 0 spiro atoms. The first-order chi connectivity index (χ1) is 9.52. The molecule has 3 aromatic rings. The summed E-state index contributed by atoms with van der Waals surface area (Å²) in [5.41, 5.74) is 2.60. The summed E-state index contributed by atoms with van der Waals surface area (Å²) in [7, 11) is 0. The van der Waals surface area contributed by atoms with Crippen LogP contribution in [0.3, 0.4) is 0 Å². The zero-order valence-corrected chi connectivity index (χ0v) is 14.4. The lowest BCUT2D eigenvalue weighted by Crippen LogP contribution is -1.94. The Morgan fingerprint density at radius 1 is 1.20 bits per heavy atom. The summed E-state index contributed by atoms with van der Waals surface area (Å²) in [6.07, 6.45) is 0. The number of aryl methyl sites for hydroxylation is 1. The summed E-state index contributed by atoms with van der Waals surface area (Å²) in [4.78, 5) is 4.51. The number of halogens is 3. The van der Waals surface area contributed by atoms with Gasteiger partial charge in [-0.15, -0.1) is 0 Å². The molecule has 0 bridgehead atoms. The minimum absolute atomic E-state index is 0.290. The number of benzene rings is 2. The Bertz CT molecular complexity index is 801. The van der Waals surface area contributed by atoms with Crippen LogP contribution < -0.4 is 5.32 Å². The molecule has 0 saturated heterocycles. The minimum atomic E-state index is -0.290. The van der Waals surface area contributed by atoms with Gasteiger partial charge in [0, 0.05) is 10.2 Å². The van der Waals surface area contributed by atoms with Crippen LogP contribution in [-0.4, -0.2) is 4.98 Å². The molecule has 0 fully saturated rings. The van der Waals surface area contributed by atoms with E-state index in [0.717, 1.165) is 31.1 Å². The average molecular weight is 416 g/mol. The number of aromatic nitrogens is 1. The highest BCUT2D eigenvalue weighted by Crippen LogP contribution is 2.32. The topological polar surface area (TPSA) is 24.9 Å². The standard InChI is InChI=1S/C14H9Br2FN2S/c1-7-4-9(16)10(17)6-11(7)18-14-19-12-5-8(15)2-3-13(12)20-14/h2-6H,1H3,(H,18,19). The molecule has 0 aliphatic carbocycles. The van der Waals surface area contributed by atoms with Crippen molar-refractivity contribution in [2.45, 2.75) is 6.92 Å². The minimum Gasteiger partial charge on any atom is -0.331 e. The summed E-state index contributed by atoms with van der Waals surface area (Å²) >= 11 is 8.15. The summed E-state index contributed by atoms with van der Waals surface area (Å²) in [6, 6.07) is 9.18. The van der Waals surface area contributed by atoms with Crippen LogP contribution in [0.15, 0.2) is 39.3 Å². The van der Waals surface area contributed by atoms with E-state index in [1.807, 2.05) is 25.1 Å². The Morgan fingerprint density at radius 3 is 2.80 bits per heavy atom. The second kappa shape index (κ2) is 5.42. The van der Waals surface area contributed by atoms with Gasteiger partial charge in [0.2, 0.25) is 0 Å². The fraction of sp³-hybridized carbons (Fsp3) is 0.0714. The molecule has 2 nitrogen and oxygen atoms in total. The number of fused-ring (bicyclic) bond motifs is 1. The molecule has 20 heavy (non-hydrogen) atoms. The smallest absolute Gasteiger partial charge is 0.188 e. The van der Waals surface area contributed by atoms with Crippen molar-refractivity contribution in [2.75, 3.05) is 5.32 Å². The quantitative estimate of drug-likeness (QED) is 0.554. The van der Waals surface area contributed by atoms with Crippen LogP contribution in [-0.2, 0) is 0 Å². The van der Waals surface area contributed by atoms with Gasteiger partial charge in [-0.3, -0.25) is 0 Å². The van der Waals surface area contributed by atoms with Crippen LogP contribution in [0.5, 0.6) is 0 Å². The molecule has 102 valence electrons. The molecule has 0 unspecified atom stereocenters. The molecule has 0 atom stereocenters. The van der Waals surface area contributed by atoms with Crippen molar-refractivity contribution in [3.63, 3.8) is 0 Å². The normalized spacial score (nSPS) is 11.0. The molecule has 0 radical (unpaired) electrons. The van der Waals surface area contributed by atoms with Crippen LogP contribution in [0.4, 0.5) is 15.2 Å². The lowest BCUT2D eigenvalue weighted by molar-refractivity contribution is 0.621. The summed E-state index contributed by atoms with van der Waals surface area (Å²) in [6.45, 7) is 1.93. The van der Waals surface area contributed by atoms with Gasteiger partial charge < -0.3 is 5.32 Å². The first kappa shape index (κ1) is 14.0. The molecule has 1 aromatic heterocycles. The van der Waals surface area contributed by atoms with Gasteiger partial charge in [-0.05, 0) is 58.7 Å². The van der Waals surface area contributed by atoms with Crippen molar-refractivity contribution in [3.8, 4) is 0 Å². The Labute approximate surface area is 136 Å². The molecule has 0 saturated carbocycles. The number of nitrogens with zero attached hydrogens (tertiary/aromatic N) is 1. The number of rotatable bonds is 2. The molecule has 1 heterocycles. The molecular formula is C14H9Br2FN2S. The van der Waals surface area contributed by atoms with Gasteiger partial charge >= 0.3 is 0 Å². The molecule has 1 N–H and O–H groups in total. The van der Waals surface area contributed by atoms with Gasteiger partial charge in [-0.2, -0.15) is 0 Å². The van der Waals surface area contributed by atoms with Crippen LogP contribution in [0.25, 0.3) is 10.2 Å². The van der Waals surface area contributed by atoms with Crippen LogP contribution >= 0.6 is 43.2 Å². The predicted octanol–water partition coefficient (Wildman–Crippen LogP) is 6.01. The summed E-state index contributed by atoms with van der Waals surface area (Å²) in [5.74, 6) is -0.290. The Kier molecular flexibility index (Phi) is 3.79. The van der Waals surface area contributed by atoms with E-state index in [1.165, 1.54) is 6.07 Å². The largest absolute Gasteiger partial charge is 0.331 e. The number of thiazole rings is 1. The zero-order chi connectivity index (χ0) is 14.3. The third kappa shape index (κ3) is 2.73. The second-order valence-electron chi connectivity index (χ2n) is 4.34. The Balaban J connectivity index is 1.99. The predicted molar refractivity (Wildman–Crippen MR) is 89.4 cm³/mol. The number of nitrogens with one attached hydrogen (secondary N) is 1.